The fourth-order valence-corrected chi connectivity index (χ4v) is 3.84. The van der Waals surface area contributed by atoms with E-state index in [-0.39, 0.29) is 11.9 Å². The molecule has 0 radical (unpaired) electrons. The van der Waals surface area contributed by atoms with Gasteiger partial charge in [-0.3, -0.25) is 9.69 Å². The van der Waals surface area contributed by atoms with E-state index >= 15 is 0 Å². The van der Waals surface area contributed by atoms with Crippen LogP contribution in [0.5, 0.6) is 0 Å². The Morgan fingerprint density at radius 2 is 2.13 bits per heavy atom. The van der Waals surface area contributed by atoms with E-state index in [1.165, 1.54) is 25.7 Å². The summed E-state index contributed by atoms with van der Waals surface area (Å²) < 4.78 is 2.06. The molecule has 2 N–H and O–H groups in total. The summed E-state index contributed by atoms with van der Waals surface area (Å²) in [6, 6.07) is 0.617. The molecule has 0 bridgehead atoms. The van der Waals surface area contributed by atoms with Gasteiger partial charge in [-0.2, -0.15) is 0 Å². The highest BCUT2D eigenvalue weighted by atomic mass is 16.2. The minimum absolute atomic E-state index is 0.176. The molecule has 1 aromatic rings. The summed E-state index contributed by atoms with van der Waals surface area (Å²) in [6.07, 6.45) is 8.99. The van der Waals surface area contributed by atoms with Crippen LogP contribution in [0.4, 0.5) is 0 Å². The molecule has 1 amide bonds. The van der Waals surface area contributed by atoms with Gasteiger partial charge in [0, 0.05) is 45.1 Å². The van der Waals surface area contributed by atoms with Crippen molar-refractivity contribution in [2.24, 2.45) is 18.9 Å². The Labute approximate surface area is 137 Å². The molecule has 2 heterocycles. The number of aromatic nitrogens is 2. The summed E-state index contributed by atoms with van der Waals surface area (Å²) in [5.41, 5.74) is 0. The number of piperazine rings is 1. The van der Waals surface area contributed by atoms with Crippen LogP contribution < -0.4 is 10.6 Å². The van der Waals surface area contributed by atoms with Gasteiger partial charge in [-0.1, -0.05) is 0 Å². The summed E-state index contributed by atoms with van der Waals surface area (Å²) >= 11 is 0. The zero-order chi connectivity index (χ0) is 15.8. The van der Waals surface area contributed by atoms with E-state index in [1.807, 2.05) is 19.4 Å². The first kappa shape index (κ1) is 15.1. The number of hydrogen-bond acceptors (Lipinski definition) is 4. The monoisotopic (exact) mass is 317 g/mol. The van der Waals surface area contributed by atoms with Crippen LogP contribution in [0.3, 0.4) is 0 Å². The molecule has 6 nitrogen and oxygen atoms in total. The number of amides is 1. The number of carbonyl (C=O) groups is 1. The summed E-state index contributed by atoms with van der Waals surface area (Å²) in [4.78, 5) is 19.3. The second-order valence-corrected chi connectivity index (χ2v) is 7.35. The third-order valence-electron chi connectivity index (χ3n) is 5.44. The Bertz CT molecular complexity index is 551. The third kappa shape index (κ3) is 3.43. The highest BCUT2D eigenvalue weighted by molar-refractivity contribution is 5.78. The average Bonchev–Trinajstić information content (AvgIpc) is 3.45. The van der Waals surface area contributed by atoms with Gasteiger partial charge < -0.3 is 15.2 Å². The largest absolute Gasteiger partial charge is 0.352 e. The van der Waals surface area contributed by atoms with Crippen molar-refractivity contribution in [3.05, 3.63) is 18.2 Å². The molecule has 2 aliphatic carbocycles. The first-order chi connectivity index (χ1) is 11.2. The van der Waals surface area contributed by atoms with Crippen molar-refractivity contribution in [2.75, 3.05) is 26.2 Å². The molecule has 4 rings (SSSR count). The highest BCUT2D eigenvalue weighted by Gasteiger charge is 2.42. The first-order valence-corrected chi connectivity index (χ1v) is 8.93. The number of imidazole rings is 1. The summed E-state index contributed by atoms with van der Waals surface area (Å²) in [7, 11) is 2.02. The van der Waals surface area contributed by atoms with Gasteiger partial charge in [0.2, 0.25) is 5.91 Å². The summed E-state index contributed by atoms with van der Waals surface area (Å²) in [5, 5.41) is 6.76. The van der Waals surface area contributed by atoms with Crippen molar-refractivity contribution in [3.8, 4) is 0 Å². The molecule has 1 saturated heterocycles. The van der Waals surface area contributed by atoms with Gasteiger partial charge in [-0.05, 0) is 37.5 Å². The Morgan fingerprint density at radius 3 is 2.74 bits per heavy atom. The van der Waals surface area contributed by atoms with Gasteiger partial charge in [-0.15, -0.1) is 0 Å². The predicted octanol–water partition coefficient (Wildman–Crippen LogP) is 0.671. The molecule has 1 aromatic heterocycles. The smallest absolute Gasteiger partial charge is 0.234 e. The maximum absolute atomic E-state index is 12.6. The van der Waals surface area contributed by atoms with Crippen LogP contribution in [0.15, 0.2) is 12.4 Å². The predicted molar refractivity (Wildman–Crippen MR) is 87.8 cm³/mol. The topological polar surface area (TPSA) is 62.2 Å². The molecule has 0 aromatic carbocycles. The van der Waals surface area contributed by atoms with Crippen LogP contribution >= 0.6 is 0 Å². The molecule has 3 fully saturated rings. The van der Waals surface area contributed by atoms with Crippen molar-refractivity contribution in [1.29, 1.82) is 0 Å². The van der Waals surface area contributed by atoms with E-state index < -0.39 is 0 Å². The van der Waals surface area contributed by atoms with E-state index in [1.54, 1.807) is 0 Å². The van der Waals surface area contributed by atoms with Crippen molar-refractivity contribution < 1.29 is 4.79 Å². The van der Waals surface area contributed by atoms with Crippen molar-refractivity contribution in [1.82, 2.24) is 25.1 Å². The molecule has 126 valence electrons. The summed E-state index contributed by atoms with van der Waals surface area (Å²) in [5.74, 6) is 2.72. The van der Waals surface area contributed by atoms with E-state index in [4.69, 9.17) is 0 Å². The Kier molecular flexibility index (Phi) is 4.11. The SMILES string of the molecule is Cn1ccnc1C1CNCCN1CC(=O)NC(C1CC1)C1CC1. The molecular formula is C17H27N5O. The molecule has 1 aliphatic heterocycles. The second-order valence-electron chi connectivity index (χ2n) is 7.35. The van der Waals surface area contributed by atoms with E-state index in [0.29, 0.717) is 12.6 Å². The molecule has 23 heavy (non-hydrogen) atoms. The van der Waals surface area contributed by atoms with Crippen molar-refractivity contribution in [2.45, 2.75) is 37.8 Å². The van der Waals surface area contributed by atoms with Crippen LogP contribution in [0, 0.1) is 11.8 Å². The fraction of sp³-hybridized carbons (Fsp3) is 0.765. The lowest BCUT2D eigenvalue weighted by molar-refractivity contribution is -0.124. The lowest BCUT2D eigenvalue weighted by Gasteiger charge is -2.35. The number of nitrogens with zero attached hydrogens (tertiary/aromatic N) is 3. The third-order valence-corrected chi connectivity index (χ3v) is 5.44. The zero-order valence-corrected chi connectivity index (χ0v) is 13.9. The fourth-order valence-electron chi connectivity index (χ4n) is 3.84. The number of rotatable bonds is 6. The minimum Gasteiger partial charge on any atom is -0.352 e. The number of hydrogen-bond donors (Lipinski definition) is 2. The van der Waals surface area contributed by atoms with E-state index in [2.05, 4.69) is 25.1 Å². The van der Waals surface area contributed by atoms with Crippen LogP contribution in [-0.2, 0) is 11.8 Å². The molecule has 2 saturated carbocycles. The molecule has 1 unspecified atom stereocenters. The highest BCUT2D eigenvalue weighted by Crippen LogP contribution is 2.44. The lowest BCUT2D eigenvalue weighted by atomic mass is 10.1. The molecule has 1 atom stereocenters. The zero-order valence-electron chi connectivity index (χ0n) is 13.9. The molecule has 6 heteroatoms. The van der Waals surface area contributed by atoms with Crippen molar-refractivity contribution >= 4 is 5.91 Å². The van der Waals surface area contributed by atoms with Crippen LogP contribution in [0.25, 0.3) is 0 Å². The Hall–Kier alpha value is -1.40. The van der Waals surface area contributed by atoms with Crippen molar-refractivity contribution in [3.63, 3.8) is 0 Å². The number of aryl methyl sites for hydroxylation is 1. The minimum atomic E-state index is 0.176. The van der Waals surface area contributed by atoms with Gasteiger partial charge >= 0.3 is 0 Å². The number of carbonyl (C=O) groups excluding carboxylic acids is 1. The molecule has 3 aliphatic rings. The molecule has 0 spiro atoms. The normalized spacial score (nSPS) is 25.7. The van der Waals surface area contributed by atoms with Crippen LogP contribution in [0.1, 0.15) is 37.5 Å². The average molecular weight is 317 g/mol. The Morgan fingerprint density at radius 1 is 1.39 bits per heavy atom. The second kappa shape index (κ2) is 6.24. The lowest BCUT2D eigenvalue weighted by Crippen LogP contribution is -2.51. The van der Waals surface area contributed by atoms with Gasteiger partial charge in [-0.25, -0.2) is 4.98 Å². The summed E-state index contributed by atoms with van der Waals surface area (Å²) in [6.45, 7) is 3.16. The van der Waals surface area contributed by atoms with E-state index in [9.17, 15) is 4.79 Å². The van der Waals surface area contributed by atoms with Gasteiger partial charge in [0.15, 0.2) is 0 Å². The van der Waals surface area contributed by atoms with Gasteiger partial charge in [0.1, 0.15) is 5.82 Å². The molecular weight excluding hydrogens is 290 g/mol. The maximum Gasteiger partial charge on any atom is 0.234 e. The van der Waals surface area contributed by atoms with Gasteiger partial charge in [0.25, 0.3) is 0 Å². The van der Waals surface area contributed by atoms with E-state index in [0.717, 1.165) is 37.3 Å². The Balaban J connectivity index is 1.39. The standard InChI is InChI=1S/C17H27N5O/c1-21-8-7-19-17(21)14-10-18-6-9-22(14)11-15(23)20-16(12-2-3-12)13-4-5-13/h7-8,12-14,16,18H,2-6,9-11H2,1H3,(H,20,23). The maximum atomic E-state index is 12.6. The van der Waals surface area contributed by atoms with Crippen LogP contribution in [0.2, 0.25) is 0 Å². The van der Waals surface area contributed by atoms with Gasteiger partial charge in [0.05, 0.1) is 12.6 Å². The number of nitrogens with one attached hydrogen (secondary N) is 2. The van der Waals surface area contributed by atoms with Crippen LogP contribution in [-0.4, -0.2) is 52.6 Å². The quantitative estimate of drug-likeness (QED) is 0.810. The first-order valence-electron chi connectivity index (χ1n) is 8.93.